The minimum absolute atomic E-state index is 0.0127. The van der Waals surface area contributed by atoms with E-state index in [1.807, 2.05) is 17.8 Å². The van der Waals surface area contributed by atoms with Crippen LogP contribution in [0.2, 0.25) is 0 Å². The number of hydrogen-bond donors (Lipinski definition) is 1. The highest BCUT2D eigenvalue weighted by Gasteiger charge is 2.23. The Morgan fingerprint density at radius 1 is 1.50 bits per heavy atom. The Balaban J connectivity index is 2.85. The van der Waals surface area contributed by atoms with Gasteiger partial charge in [0.1, 0.15) is 0 Å². The lowest BCUT2D eigenvalue weighted by molar-refractivity contribution is 0.322. The van der Waals surface area contributed by atoms with Crippen LogP contribution < -0.4 is 5.73 Å². The molecule has 0 saturated carbocycles. The van der Waals surface area contributed by atoms with Gasteiger partial charge in [0.2, 0.25) is 0 Å². The Labute approximate surface area is 73.6 Å². The van der Waals surface area contributed by atoms with Crippen LogP contribution in [0.1, 0.15) is 32.5 Å². The van der Waals surface area contributed by atoms with E-state index in [-0.39, 0.29) is 11.5 Å². The summed E-state index contributed by atoms with van der Waals surface area (Å²) < 4.78 is 1.92. The lowest BCUT2D eigenvalue weighted by atomic mass is 9.86. The van der Waals surface area contributed by atoms with Gasteiger partial charge in [-0.25, -0.2) is 4.98 Å². The predicted octanol–water partition coefficient (Wildman–Crippen LogP) is 1.47. The molecule has 12 heavy (non-hydrogen) atoms. The first-order valence-corrected chi connectivity index (χ1v) is 4.14. The van der Waals surface area contributed by atoms with Gasteiger partial charge in [0.05, 0.1) is 18.1 Å². The van der Waals surface area contributed by atoms with Gasteiger partial charge in [-0.05, 0) is 5.41 Å². The highest BCUT2D eigenvalue weighted by Crippen LogP contribution is 2.28. The van der Waals surface area contributed by atoms with E-state index >= 15 is 0 Å². The van der Waals surface area contributed by atoms with Crippen LogP contribution in [0.15, 0.2) is 12.5 Å². The molecule has 2 N–H and O–H groups in total. The van der Waals surface area contributed by atoms with E-state index in [0.29, 0.717) is 0 Å². The molecule has 0 saturated heterocycles. The maximum absolute atomic E-state index is 6.01. The molecule has 0 fully saturated rings. The summed E-state index contributed by atoms with van der Waals surface area (Å²) >= 11 is 0. The smallest absolute Gasteiger partial charge is 0.0947 e. The summed E-state index contributed by atoms with van der Waals surface area (Å²) in [6.07, 6.45) is 3.75. The zero-order chi connectivity index (χ0) is 9.35. The number of aromatic nitrogens is 2. The van der Waals surface area contributed by atoms with Crippen LogP contribution in [-0.2, 0) is 7.05 Å². The van der Waals surface area contributed by atoms with Crippen molar-refractivity contribution in [2.24, 2.45) is 18.2 Å². The van der Waals surface area contributed by atoms with E-state index in [2.05, 4.69) is 25.8 Å². The van der Waals surface area contributed by atoms with Crippen molar-refractivity contribution in [3.63, 3.8) is 0 Å². The molecule has 0 aliphatic carbocycles. The van der Waals surface area contributed by atoms with Gasteiger partial charge < -0.3 is 10.3 Å². The molecule has 1 aromatic heterocycles. The second kappa shape index (κ2) is 2.90. The molecule has 1 unspecified atom stereocenters. The van der Waals surface area contributed by atoms with E-state index in [1.54, 1.807) is 6.33 Å². The Bertz CT molecular complexity index is 257. The Hall–Kier alpha value is -0.830. The average molecular weight is 167 g/mol. The van der Waals surface area contributed by atoms with Gasteiger partial charge >= 0.3 is 0 Å². The van der Waals surface area contributed by atoms with E-state index in [9.17, 15) is 0 Å². The van der Waals surface area contributed by atoms with Crippen molar-refractivity contribution in [3.05, 3.63) is 18.2 Å². The molecular weight excluding hydrogens is 150 g/mol. The van der Waals surface area contributed by atoms with E-state index in [0.717, 1.165) is 5.69 Å². The summed E-state index contributed by atoms with van der Waals surface area (Å²) in [6.45, 7) is 6.35. The van der Waals surface area contributed by atoms with Crippen LogP contribution in [0.4, 0.5) is 0 Å². The van der Waals surface area contributed by atoms with Crippen molar-refractivity contribution in [1.29, 1.82) is 0 Å². The van der Waals surface area contributed by atoms with Gasteiger partial charge in [0.15, 0.2) is 0 Å². The second-order valence-corrected chi connectivity index (χ2v) is 4.31. The molecule has 0 bridgehead atoms. The minimum atomic E-state index is 0.0127. The monoisotopic (exact) mass is 167 g/mol. The molecule has 3 nitrogen and oxygen atoms in total. The van der Waals surface area contributed by atoms with Crippen LogP contribution in [0.3, 0.4) is 0 Å². The van der Waals surface area contributed by atoms with Gasteiger partial charge in [-0.1, -0.05) is 20.8 Å². The Morgan fingerprint density at radius 2 is 2.08 bits per heavy atom. The molecule has 1 heterocycles. The van der Waals surface area contributed by atoms with E-state index in [4.69, 9.17) is 5.73 Å². The first kappa shape index (κ1) is 9.26. The van der Waals surface area contributed by atoms with Crippen molar-refractivity contribution in [1.82, 2.24) is 9.55 Å². The normalized spacial score (nSPS) is 14.8. The van der Waals surface area contributed by atoms with Gasteiger partial charge in [0.25, 0.3) is 0 Å². The molecule has 1 atom stereocenters. The number of hydrogen-bond acceptors (Lipinski definition) is 2. The van der Waals surface area contributed by atoms with Crippen molar-refractivity contribution in [2.45, 2.75) is 26.8 Å². The first-order chi connectivity index (χ1) is 5.41. The molecule has 0 spiro atoms. The molecule has 0 aliphatic heterocycles. The van der Waals surface area contributed by atoms with Gasteiger partial charge in [-0.3, -0.25) is 0 Å². The predicted molar refractivity (Wildman–Crippen MR) is 49.6 cm³/mol. The fraction of sp³-hybridized carbons (Fsp3) is 0.667. The summed E-state index contributed by atoms with van der Waals surface area (Å²) in [5.74, 6) is 0. The number of imidazole rings is 1. The third kappa shape index (κ3) is 1.85. The quantitative estimate of drug-likeness (QED) is 0.688. The fourth-order valence-corrected chi connectivity index (χ4v) is 1.04. The summed E-state index contributed by atoms with van der Waals surface area (Å²) in [7, 11) is 1.95. The number of nitrogens with two attached hydrogens (primary N) is 1. The molecule has 0 radical (unpaired) electrons. The molecule has 0 aliphatic rings. The molecule has 0 aromatic carbocycles. The summed E-state index contributed by atoms with van der Waals surface area (Å²) in [6, 6.07) is 0.0127. The molecule has 1 aromatic rings. The highest BCUT2D eigenvalue weighted by atomic mass is 15.0. The number of nitrogens with zero attached hydrogens (tertiary/aromatic N) is 2. The van der Waals surface area contributed by atoms with E-state index < -0.39 is 0 Å². The van der Waals surface area contributed by atoms with Crippen molar-refractivity contribution < 1.29 is 0 Å². The molecule has 3 heteroatoms. The SMILES string of the molecule is Cn1cnc(C(N)C(C)(C)C)c1. The average Bonchev–Trinajstić information content (AvgIpc) is 2.32. The third-order valence-corrected chi connectivity index (χ3v) is 1.98. The van der Waals surface area contributed by atoms with Crippen LogP contribution in [0, 0.1) is 5.41 Å². The largest absolute Gasteiger partial charge is 0.340 e. The molecule has 68 valence electrons. The summed E-state index contributed by atoms with van der Waals surface area (Å²) in [4.78, 5) is 4.22. The lowest BCUT2D eigenvalue weighted by Gasteiger charge is -2.25. The van der Waals surface area contributed by atoms with Crippen LogP contribution in [0.25, 0.3) is 0 Å². The highest BCUT2D eigenvalue weighted by molar-refractivity contribution is 5.05. The molecule has 1 rings (SSSR count). The zero-order valence-electron chi connectivity index (χ0n) is 8.20. The van der Waals surface area contributed by atoms with Crippen LogP contribution in [-0.4, -0.2) is 9.55 Å². The van der Waals surface area contributed by atoms with Gasteiger partial charge in [-0.2, -0.15) is 0 Å². The standard InChI is InChI=1S/C9H17N3/c1-9(2,3)8(10)7-5-12(4)6-11-7/h5-6,8H,10H2,1-4H3. The maximum atomic E-state index is 6.01. The van der Waals surface area contributed by atoms with Crippen molar-refractivity contribution in [3.8, 4) is 0 Å². The fourth-order valence-electron chi connectivity index (χ4n) is 1.04. The third-order valence-electron chi connectivity index (χ3n) is 1.98. The first-order valence-electron chi connectivity index (χ1n) is 4.14. The number of rotatable bonds is 1. The summed E-state index contributed by atoms with van der Waals surface area (Å²) in [5.41, 5.74) is 7.05. The van der Waals surface area contributed by atoms with Crippen molar-refractivity contribution in [2.75, 3.05) is 0 Å². The van der Waals surface area contributed by atoms with Crippen LogP contribution >= 0.6 is 0 Å². The molecule has 0 amide bonds. The minimum Gasteiger partial charge on any atom is -0.340 e. The number of aryl methyl sites for hydroxylation is 1. The van der Waals surface area contributed by atoms with Crippen LogP contribution in [0.5, 0.6) is 0 Å². The lowest BCUT2D eigenvalue weighted by Crippen LogP contribution is -2.26. The summed E-state index contributed by atoms with van der Waals surface area (Å²) in [5, 5.41) is 0. The molecular formula is C9H17N3. The van der Waals surface area contributed by atoms with E-state index in [1.165, 1.54) is 0 Å². The maximum Gasteiger partial charge on any atom is 0.0947 e. The van der Waals surface area contributed by atoms with Gasteiger partial charge in [-0.15, -0.1) is 0 Å². The van der Waals surface area contributed by atoms with Gasteiger partial charge in [0, 0.05) is 13.2 Å². The zero-order valence-corrected chi connectivity index (χ0v) is 8.20. The Morgan fingerprint density at radius 3 is 2.42 bits per heavy atom. The second-order valence-electron chi connectivity index (χ2n) is 4.31. The Kier molecular flexibility index (Phi) is 2.24. The van der Waals surface area contributed by atoms with Crippen molar-refractivity contribution >= 4 is 0 Å². The topological polar surface area (TPSA) is 43.8 Å².